The lowest BCUT2D eigenvalue weighted by molar-refractivity contribution is -0.139. The minimum Gasteiger partial charge on any atom is -0.368 e. The van der Waals surface area contributed by atoms with Crippen LogP contribution in [-0.2, 0) is 4.79 Å². The van der Waals surface area contributed by atoms with E-state index in [1.54, 1.807) is 12.3 Å². The van der Waals surface area contributed by atoms with Crippen molar-refractivity contribution in [3.05, 3.63) is 24.0 Å². The smallest absolute Gasteiger partial charge is 0.228 e. The molecule has 0 spiro atoms. The first kappa shape index (κ1) is 15.3. The highest BCUT2D eigenvalue weighted by Gasteiger charge is 2.28. The molecule has 21 heavy (non-hydrogen) atoms. The third-order valence-electron chi connectivity index (χ3n) is 3.65. The molecule has 1 saturated heterocycles. The Labute approximate surface area is 126 Å². The van der Waals surface area contributed by atoms with Crippen LogP contribution in [0.15, 0.2) is 18.3 Å². The van der Waals surface area contributed by atoms with Gasteiger partial charge in [0.15, 0.2) is 0 Å². The molecule has 2 rings (SSSR count). The number of pyridine rings is 1. The zero-order valence-electron chi connectivity index (χ0n) is 13.0. The molecule has 0 saturated carbocycles. The SMILES string of the molecule is CC(C)(C)C(=O)N1CCCN(c2ccc(C#N)nc2)CC1. The molecule has 1 amide bonds. The average molecular weight is 286 g/mol. The first-order chi connectivity index (χ1) is 9.91. The largest absolute Gasteiger partial charge is 0.368 e. The number of nitrogens with zero attached hydrogens (tertiary/aromatic N) is 4. The number of anilines is 1. The summed E-state index contributed by atoms with van der Waals surface area (Å²) >= 11 is 0. The summed E-state index contributed by atoms with van der Waals surface area (Å²) in [6, 6.07) is 5.68. The van der Waals surface area contributed by atoms with E-state index < -0.39 is 0 Å². The minimum atomic E-state index is -0.328. The van der Waals surface area contributed by atoms with Gasteiger partial charge in [-0.1, -0.05) is 20.8 Å². The Morgan fingerprint density at radius 1 is 1.24 bits per heavy atom. The molecule has 0 radical (unpaired) electrons. The van der Waals surface area contributed by atoms with Crippen LogP contribution < -0.4 is 4.90 Å². The highest BCUT2D eigenvalue weighted by atomic mass is 16.2. The molecule has 1 aliphatic rings. The van der Waals surface area contributed by atoms with Gasteiger partial charge in [0.05, 0.1) is 11.9 Å². The Kier molecular flexibility index (Phi) is 4.46. The van der Waals surface area contributed by atoms with E-state index in [0.29, 0.717) is 5.69 Å². The Hall–Kier alpha value is -2.09. The number of nitriles is 1. The molecule has 1 aromatic heterocycles. The minimum absolute atomic E-state index is 0.210. The van der Waals surface area contributed by atoms with E-state index in [2.05, 4.69) is 9.88 Å². The van der Waals surface area contributed by atoms with Gasteiger partial charge < -0.3 is 9.80 Å². The Bertz CT molecular complexity index is 539. The molecule has 112 valence electrons. The third kappa shape index (κ3) is 3.72. The van der Waals surface area contributed by atoms with Crippen molar-refractivity contribution in [1.82, 2.24) is 9.88 Å². The molecular formula is C16H22N4O. The molecule has 1 aromatic rings. The summed E-state index contributed by atoms with van der Waals surface area (Å²) in [5.74, 6) is 0.210. The number of aromatic nitrogens is 1. The molecule has 5 nitrogen and oxygen atoms in total. The zero-order valence-corrected chi connectivity index (χ0v) is 13.0. The van der Waals surface area contributed by atoms with Gasteiger partial charge in [0, 0.05) is 31.6 Å². The number of hydrogen-bond acceptors (Lipinski definition) is 4. The fourth-order valence-corrected chi connectivity index (χ4v) is 2.49. The van der Waals surface area contributed by atoms with Gasteiger partial charge in [0.25, 0.3) is 0 Å². The summed E-state index contributed by atoms with van der Waals surface area (Å²) in [6.07, 6.45) is 2.68. The van der Waals surface area contributed by atoms with Crippen molar-refractivity contribution < 1.29 is 4.79 Å². The van der Waals surface area contributed by atoms with Crippen LogP contribution in [0.5, 0.6) is 0 Å². The maximum atomic E-state index is 12.4. The van der Waals surface area contributed by atoms with Crippen molar-refractivity contribution in [2.24, 2.45) is 5.41 Å². The van der Waals surface area contributed by atoms with E-state index in [9.17, 15) is 4.79 Å². The van der Waals surface area contributed by atoms with Crippen LogP contribution in [0, 0.1) is 16.7 Å². The summed E-state index contributed by atoms with van der Waals surface area (Å²) in [6.45, 7) is 9.12. The highest BCUT2D eigenvalue weighted by Crippen LogP contribution is 2.20. The summed E-state index contributed by atoms with van der Waals surface area (Å²) < 4.78 is 0. The normalized spacial score (nSPS) is 16.3. The lowest BCUT2D eigenvalue weighted by Crippen LogP contribution is -2.41. The Morgan fingerprint density at radius 2 is 2.00 bits per heavy atom. The molecule has 0 bridgehead atoms. The predicted octanol–water partition coefficient (Wildman–Crippen LogP) is 2.04. The summed E-state index contributed by atoms with van der Waals surface area (Å²) in [5, 5.41) is 8.79. The maximum absolute atomic E-state index is 12.4. The molecule has 1 aliphatic heterocycles. The predicted molar refractivity (Wildman–Crippen MR) is 81.8 cm³/mol. The fourth-order valence-electron chi connectivity index (χ4n) is 2.49. The lowest BCUT2D eigenvalue weighted by Gasteiger charge is -2.28. The second kappa shape index (κ2) is 6.13. The number of rotatable bonds is 1. The highest BCUT2D eigenvalue weighted by molar-refractivity contribution is 5.81. The molecule has 0 N–H and O–H groups in total. The maximum Gasteiger partial charge on any atom is 0.228 e. The first-order valence-electron chi connectivity index (χ1n) is 7.32. The van der Waals surface area contributed by atoms with Crippen LogP contribution in [0.2, 0.25) is 0 Å². The van der Waals surface area contributed by atoms with Gasteiger partial charge >= 0.3 is 0 Å². The van der Waals surface area contributed by atoms with Gasteiger partial charge in [0.1, 0.15) is 11.8 Å². The topological polar surface area (TPSA) is 60.2 Å². The van der Waals surface area contributed by atoms with Crippen LogP contribution in [-0.4, -0.2) is 42.0 Å². The van der Waals surface area contributed by atoms with Crippen molar-refractivity contribution in [2.75, 3.05) is 31.1 Å². The molecule has 5 heteroatoms. The Balaban J connectivity index is 2.03. The first-order valence-corrected chi connectivity index (χ1v) is 7.32. The number of carbonyl (C=O) groups is 1. The molecule has 0 aromatic carbocycles. The van der Waals surface area contributed by atoms with Gasteiger partial charge in [-0.25, -0.2) is 4.98 Å². The quantitative estimate of drug-likeness (QED) is 0.792. The summed E-state index contributed by atoms with van der Waals surface area (Å²) in [7, 11) is 0. The van der Waals surface area contributed by atoms with Crippen molar-refractivity contribution in [3.63, 3.8) is 0 Å². The van der Waals surface area contributed by atoms with E-state index in [0.717, 1.165) is 38.3 Å². The van der Waals surface area contributed by atoms with E-state index in [-0.39, 0.29) is 11.3 Å². The van der Waals surface area contributed by atoms with Gasteiger partial charge in [-0.15, -0.1) is 0 Å². The van der Waals surface area contributed by atoms with Gasteiger partial charge in [-0.3, -0.25) is 4.79 Å². The molecule has 0 atom stereocenters. The Morgan fingerprint density at radius 3 is 2.57 bits per heavy atom. The van der Waals surface area contributed by atoms with Gasteiger partial charge in [0.2, 0.25) is 5.91 Å². The summed E-state index contributed by atoms with van der Waals surface area (Å²) in [5.41, 5.74) is 1.11. The van der Waals surface area contributed by atoms with Crippen LogP contribution in [0.25, 0.3) is 0 Å². The second-order valence-corrected chi connectivity index (χ2v) is 6.40. The molecule has 2 heterocycles. The van der Waals surface area contributed by atoms with Crippen LogP contribution in [0.3, 0.4) is 0 Å². The van der Waals surface area contributed by atoms with E-state index in [1.165, 1.54) is 0 Å². The zero-order chi connectivity index (χ0) is 15.5. The van der Waals surface area contributed by atoms with E-state index in [1.807, 2.05) is 37.8 Å². The van der Waals surface area contributed by atoms with Crippen molar-refractivity contribution in [1.29, 1.82) is 5.26 Å². The monoisotopic (exact) mass is 286 g/mol. The molecule has 1 fully saturated rings. The van der Waals surface area contributed by atoms with Crippen LogP contribution in [0.1, 0.15) is 32.9 Å². The van der Waals surface area contributed by atoms with Crippen LogP contribution >= 0.6 is 0 Å². The van der Waals surface area contributed by atoms with E-state index in [4.69, 9.17) is 5.26 Å². The summed E-state index contributed by atoms with van der Waals surface area (Å²) in [4.78, 5) is 20.7. The second-order valence-electron chi connectivity index (χ2n) is 6.40. The molecule has 0 aliphatic carbocycles. The lowest BCUT2D eigenvalue weighted by atomic mass is 9.94. The average Bonchev–Trinajstić information content (AvgIpc) is 2.71. The van der Waals surface area contributed by atoms with Crippen molar-refractivity contribution >= 4 is 11.6 Å². The fraction of sp³-hybridized carbons (Fsp3) is 0.562. The van der Waals surface area contributed by atoms with E-state index >= 15 is 0 Å². The number of carbonyl (C=O) groups excluding carboxylic acids is 1. The number of hydrogen-bond donors (Lipinski definition) is 0. The standard InChI is InChI=1S/C16H22N4O/c1-16(2,3)15(21)20-8-4-7-19(9-10-20)14-6-5-13(11-17)18-12-14/h5-6,12H,4,7-10H2,1-3H3. The van der Waals surface area contributed by atoms with Crippen molar-refractivity contribution in [3.8, 4) is 6.07 Å². The molecular weight excluding hydrogens is 264 g/mol. The van der Waals surface area contributed by atoms with Crippen LogP contribution in [0.4, 0.5) is 5.69 Å². The van der Waals surface area contributed by atoms with Crippen molar-refractivity contribution in [2.45, 2.75) is 27.2 Å². The van der Waals surface area contributed by atoms with Gasteiger partial charge in [-0.05, 0) is 18.6 Å². The number of amides is 1. The molecule has 0 unspecified atom stereocenters. The van der Waals surface area contributed by atoms with Gasteiger partial charge in [-0.2, -0.15) is 5.26 Å². The third-order valence-corrected chi connectivity index (χ3v) is 3.65.